The summed E-state index contributed by atoms with van der Waals surface area (Å²) in [6, 6.07) is 72.8. The first-order valence-electron chi connectivity index (χ1n) is 17.2. The molecule has 1 radical (unpaired) electrons. The molecular weight excluding hydrogens is 897 g/mol. The van der Waals surface area contributed by atoms with E-state index in [4.69, 9.17) is 4.74 Å². The molecule has 0 aliphatic rings. The van der Waals surface area contributed by atoms with Gasteiger partial charge >= 0.3 is 7.25 Å². The normalized spacial score (nSPS) is 10.3. The predicted octanol–water partition coefficient (Wildman–Crippen LogP) is 10.4. The van der Waals surface area contributed by atoms with Crippen molar-refractivity contribution in [1.82, 2.24) is 0 Å². The number of ether oxygens (including phenoxy) is 1. The van der Waals surface area contributed by atoms with Gasteiger partial charge in [0.1, 0.15) is 5.75 Å². The van der Waals surface area contributed by atoms with Crippen LogP contribution in [0.4, 0.5) is 17.3 Å². The molecule has 0 saturated carbocycles. The topological polar surface area (TPSA) is 9.23 Å². The molecule has 0 amide bonds. The fourth-order valence-electron chi connectivity index (χ4n) is 5.22. The number of hydrogen-bond acceptors (Lipinski definition) is 1. The molecule has 0 aromatic heterocycles. The third-order valence-electron chi connectivity index (χ3n) is 7.65. The number of methoxy groups -OCH3 is 1. The molecule has 0 heterocycles. The van der Waals surface area contributed by atoms with Crippen LogP contribution in [0.15, 0.2) is 206 Å². The third-order valence-corrected chi connectivity index (χ3v) is 12.5. The van der Waals surface area contributed by atoms with Crippen LogP contribution in [0.1, 0.15) is 12.5 Å². The molecule has 54 heavy (non-hydrogen) atoms. The number of aryl methyl sites for hydroxylation is 1. The van der Waals surface area contributed by atoms with Gasteiger partial charge in [-0.05, 0) is 71.8 Å². The third kappa shape index (κ3) is 15.5. The Morgan fingerprint density at radius 3 is 0.759 bits per heavy atom. The van der Waals surface area contributed by atoms with E-state index in [1.54, 1.807) is 7.11 Å². The van der Waals surface area contributed by atoms with Gasteiger partial charge in [-0.3, -0.25) is 0 Å². The molecule has 0 aliphatic heterocycles. The van der Waals surface area contributed by atoms with Gasteiger partial charge in [-0.15, -0.1) is 0 Å². The van der Waals surface area contributed by atoms with Crippen molar-refractivity contribution in [3.63, 3.8) is 0 Å². The first kappa shape index (κ1) is 44.0. The van der Waals surface area contributed by atoms with Crippen LogP contribution in [0.25, 0.3) is 0 Å². The minimum atomic E-state index is -6.00. The summed E-state index contributed by atoms with van der Waals surface area (Å²) in [7, 11) is -5.21. The molecule has 279 valence electrons. The van der Waals surface area contributed by atoms with E-state index in [-0.39, 0.29) is 20.1 Å². The second kappa shape index (κ2) is 24.1. The maximum Gasteiger partial charge on any atom is 0.673 e. The van der Waals surface area contributed by atoms with E-state index in [2.05, 4.69) is 201 Å². The Bertz CT molecular complexity index is 1640. The van der Waals surface area contributed by atoms with E-state index in [1.165, 1.54) is 37.4 Å². The molecule has 0 bridgehead atoms. The average molecular weight is 940 g/mol. The van der Waals surface area contributed by atoms with Crippen molar-refractivity contribution in [2.45, 2.75) is 13.3 Å². The second-order valence-corrected chi connectivity index (χ2v) is 15.8. The molecule has 0 unspecified atom stereocenters. The van der Waals surface area contributed by atoms with Crippen LogP contribution in [-0.2, 0) is 26.5 Å². The minimum Gasteiger partial charge on any atom is -0.497 e. The fraction of sp³-hybridized carbons (Fsp3) is 0.0667. The molecule has 1 nitrogen and oxygen atoms in total. The average Bonchev–Trinajstić information content (AvgIpc) is 3.21. The smallest absolute Gasteiger partial charge is 0.497 e. The number of benzene rings is 7. The molecule has 9 heteroatoms. The van der Waals surface area contributed by atoms with Crippen molar-refractivity contribution in [3.8, 4) is 5.75 Å². The van der Waals surface area contributed by atoms with Crippen LogP contribution in [0.5, 0.6) is 5.75 Å². The molecular formula is C45H42BF4IrOP2-. The monoisotopic (exact) mass is 940 g/mol. The Labute approximate surface area is 333 Å². The number of halogens is 4. The van der Waals surface area contributed by atoms with E-state index in [0.29, 0.717) is 0 Å². The van der Waals surface area contributed by atoms with Gasteiger partial charge in [-0.2, -0.15) is 0 Å². The van der Waals surface area contributed by atoms with Crippen LogP contribution >= 0.6 is 15.8 Å². The Hall–Kier alpha value is -4.37. The summed E-state index contributed by atoms with van der Waals surface area (Å²) in [5.41, 5.74) is 1.35. The van der Waals surface area contributed by atoms with Crippen LogP contribution in [0.2, 0.25) is 0 Å². The molecule has 7 aromatic rings. The molecule has 0 spiro atoms. The summed E-state index contributed by atoms with van der Waals surface area (Å²) in [5.74, 6) is 0.928. The SMILES string of the molecule is CCc1ccc(OC)cc1.F[B-](F)(F)F.[Ir].c1ccc(P(c2ccccc2)c2ccccc2)cc1.c1ccc(P(c2ccccc2)c2ccccc2)cc1. The fourth-order valence-corrected chi connectivity index (χ4v) is 9.83. The molecule has 7 aromatic carbocycles. The maximum absolute atomic E-state index is 9.75. The first-order valence-corrected chi connectivity index (χ1v) is 19.9. The van der Waals surface area contributed by atoms with Crippen molar-refractivity contribution in [2.75, 3.05) is 7.11 Å². The Kier molecular flexibility index (Phi) is 19.7. The Morgan fingerprint density at radius 2 is 0.593 bits per heavy atom. The number of hydrogen-bond donors (Lipinski definition) is 0. The van der Waals surface area contributed by atoms with Crippen molar-refractivity contribution >= 4 is 54.9 Å². The minimum absolute atomic E-state index is 0. The summed E-state index contributed by atoms with van der Waals surface area (Å²) in [5, 5.41) is 8.39. The maximum atomic E-state index is 9.75. The summed E-state index contributed by atoms with van der Waals surface area (Å²) >= 11 is 0. The van der Waals surface area contributed by atoms with E-state index in [1.807, 2.05) is 12.1 Å². The van der Waals surface area contributed by atoms with Gasteiger partial charge in [-0.1, -0.05) is 201 Å². The van der Waals surface area contributed by atoms with Crippen LogP contribution in [-0.4, -0.2) is 14.4 Å². The molecule has 0 saturated heterocycles. The number of rotatable bonds is 8. The molecule has 0 N–H and O–H groups in total. The quantitative estimate of drug-likeness (QED) is 0.0838. The van der Waals surface area contributed by atoms with E-state index in [9.17, 15) is 17.3 Å². The van der Waals surface area contributed by atoms with Crippen LogP contribution in [0.3, 0.4) is 0 Å². The standard InChI is InChI=1S/2C18H15P.C9H12O.BF4.Ir/c2*1-4-10-16(11-5-1)19(17-12-6-2-7-13-17)18-14-8-3-9-15-18;1-3-8-4-6-9(10-2)7-5-8;2-1(3,4)5;/h2*1-15H;4-7H,3H2,1-2H3;;/q;;;-1;. The van der Waals surface area contributed by atoms with Crippen molar-refractivity contribution in [1.29, 1.82) is 0 Å². The summed E-state index contributed by atoms with van der Waals surface area (Å²) < 4.78 is 44.0. The summed E-state index contributed by atoms with van der Waals surface area (Å²) in [4.78, 5) is 0. The zero-order valence-electron chi connectivity index (χ0n) is 30.1. The van der Waals surface area contributed by atoms with Gasteiger partial charge in [-0.25, -0.2) is 0 Å². The second-order valence-electron chi connectivity index (χ2n) is 11.4. The van der Waals surface area contributed by atoms with E-state index in [0.717, 1.165) is 12.2 Å². The van der Waals surface area contributed by atoms with Gasteiger partial charge in [0, 0.05) is 20.1 Å². The van der Waals surface area contributed by atoms with Crippen LogP contribution in [0, 0.1) is 0 Å². The van der Waals surface area contributed by atoms with Gasteiger partial charge in [0.25, 0.3) is 0 Å². The largest absolute Gasteiger partial charge is 0.673 e. The van der Waals surface area contributed by atoms with Gasteiger partial charge < -0.3 is 22.0 Å². The van der Waals surface area contributed by atoms with Crippen molar-refractivity contribution < 1.29 is 42.1 Å². The molecule has 0 aliphatic carbocycles. The zero-order valence-corrected chi connectivity index (χ0v) is 34.2. The zero-order chi connectivity index (χ0) is 37.7. The molecule has 0 atom stereocenters. The van der Waals surface area contributed by atoms with Gasteiger partial charge in [0.05, 0.1) is 7.11 Å². The van der Waals surface area contributed by atoms with Crippen molar-refractivity contribution in [2.24, 2.45) is 0 Å². The van der Waals surface area contributed by atoms with E-state index >= 15 is 0 Å². The van der Waals surface area contributed by atoms with Gasteiger partial charge in [0.15, 0.2) is 0 Å². The summed E-state index contributed by atoms with van der Waals surface area (Å²) in [6.45, 7) is 2.14. The van der Waals surface area contributed by atoms with Gasteiger partial charge in [0.2, 0.25) is 0 Å². The molecule has 7 rings (SSSR count). The van der Waals surface area contributed by atoms with Crippen molar-refractivity contribution in [3.05, 3.63) is 212 Å². The van der Waals surface area contributed by atoms with E-state index < -0.39 is 23.1 Å². The Morgan fingerprint density at radius 1 is 0.389 bits per heavy atom. The Balaban J connectivity index is 0.000000211. The summed E-state index contributed by atoms with van der Waals surface area (Å²) in [6.07, 6.45) is 1.09. The van der Waals surface area contributed by atoms with Crippen LogP contribution < -0.4 is 36.6 Å². The predicted molar refractivity (Wildman–Crippen MR) is 223 cm³/mol. The molecule has 0 fully saturated rings. The first-order chi connectivity index (χ1) is 25.8.